The summed E-state index contributed by atoms with van der Waals surface area (Å²) in [7, 11) is 2.11. The van der Waals surface area contributed by atoms with Crippen LogP contribution in [0.5, 0.6) is 5.75 Å². The van der Waals surface area contributed by atoms with Gasteiger partial charge in [-0.05, 0) is 50.4 Å². The fraction of sp³-hybridized carbons (Fsp3) is 0.588. The monoisotopic (exact) mass is 288 g/mol. The molecule has 1 aromatic rings. The summed E-state index contributed by atoms with van der Waals surface area (Å²) in [5, 5.41) is 8.82. The molecule has 21 heavy (non-hydrogen) atoms. The van der Waals surface area contributed by atoms with Gasteiger partial charge in [0.15, 0.2) is 0 Å². The van der Waals surface area contributed by atoms with Crippen LogP contribution < -0.4 is 4.74 Å². The Labute approximate surface area is 127 Å². The maximum Gasteiger partial charge on any atom is 0.120 e. The molecule has 4 heteroatoms. The van der Waals surface area contributed by atoms with Gasteiger partial charge in [0.2, 0.25) is 0 Å². The lowest BCUT2D eigenvalue weighted by Crippen LogP contribution is -2.25. The zero-order valence-corrected chi connectivity index (χ0v) is 12.8. The van der Waals surface area contributed by atoms with Crippen LogP contribution in [0.25, 0.3) is 0 Å². The van der Waals surface area contributed by atoms with Crippen LogP contribution >= 0.6 is 0 Å². The van der Waals surface area contributed by atoms with Gasteiger partial charge in [0.25, 0.3) is 0 Å². The van der Waals surface area contributed by atoms with Crippen LogP contribution in [-0.2, 0) is 4.74 Å². The Morgan fingerprint density at radius 1 is 1.29 bits per heavy atom. The van der Waals surface area contributed by atoms with Gasteiger partial charge in [-0.15, -0.1) is 0 Å². The fourth-order valence-corrected chi connectivity index (χ4v) is 2.05. The fourth-order valence-electron chi connectivity index (χ4n) is 2.05. The van der Waals surface area contributed by atoms with Crippen molar-refractivity contribution in [1.82, 2.24) is 4.90 Å². The Bertz CT molecular complexity index is 466. The SMILES string of the molecule is CN(CCCOc1cccc(C#N)c1)CCOCC1CC1. The standard InChI is InChI=1S/C17H24N2O2/c1-19(9-11-20-14-15-6-7-15)8-3-10-21-17-5-2-4-16(12-17)13-18/h2,4-5,12,15H,3,6-11,14H2,1H3. The van der Waals surface area contributed by atoms with Crippen LogP contribution in [0, 0.1) is 17.2 Å². The molecule has 0 heterocycles. The minimum absolute atomic E-state index is 0.637. The highest BCUT2D eigenvalue weighted by Crippen LogP contribution is 2.28. The topological polar surface area (TPSA) is 45.5 Å². The smallest absolute Gasteiger partial charge is 0.120 e. The first-order valence-electron chi connectivity index (χ1n) is 7.67. The summed E-state index contributed by atoms with van der Waals surface area (Å²) in [4.78, 5) is 2.27. The Hall–Kier alpha value is -1.57. The zero-order valence-electron chi connectivity index (χ0n) is 12.8. The Morgan fingerprint density at radius 3 is 2.90 bits per heavy atom. The highest BCUT2D eigenvalue weighted by Gasteiger charge is 2.20. The number of hydrogen-bond acceptors (Lipinski definition) is 4. The molecule has 0 spiro atoms. The van der Waals surface area contributed by atoms with E-state index in [-0.39, 0.29) is 0 Å². The maximum absolute atomic E-state index is 8.82. The molecule has 0 unspecified atom stereocenters. The predicted molar refractivity (Wildman–Crippen MR) is 82.3 cm³/mol. The van der Waals surface area contributed by atoms with E-state index >= 15 is 0 Å². The molecule has 1 saturated carbocycles. The summed E-state index contributed by atoms with van der Waals surface area (Å²) in [6.07, 6.45) is 3.66. The lowest BCUT2D eigenvalue weighted by molar-refractivity contribution is 0.102. The second-order valence-corrected chi connectivity index (χ2v) is 5.66. The van der Waals surface area contributed by atoms with Crippen LogP contribution in [0.3, 0.4) is 0 Å². The van der Waals surface area contributed by atoms with Crippen molar-refractivity contribution in [3.05, 3.63) is 29.8 Å². The minimum atomic E-state index is 0.637. The van der Waals surface area contributed by atoms with E-state index in [1.54, 1.807) is 12.1 Å². The third-order valence-electron chi connectivity index (χ3n) is 3.58. The molecule has 4 nitrogen and oxygen atoms in total. The van der Waals surface area contributed by atoms with E-state index in [0.717, 1.165) is 44.4 Å². The summed E-state index contributed by atoms with van der Waals surface area (Å²) in [5.74, 6) is 1.61. The molecule has 0 aromatic heterocycles. The van der Waals surface area contributed by atoms with E-state index in [2.05, 4.69) is 18.0 Å². The van der Waals surface area contributed by atoms with Gasteiger partial charge in [-0.1, -0.05) is 6.07 Å². The van der Waals surface area contributed by atoms with E-state index in [0.29, 0.717) is 12.2 Å². The number of nitriles is 1. The maximum atomic E-state index is 8.82. The first-order valence-corrected chi connectivity index (χ1v) is 7.67. The van der Waals surface area contributed by atoms with Gasteiger partial charge in [0.05, 0.1) is 24.8 Å². The van der Waals surface area contributed by atoms with Gasteiger partial charge in [-0.25, -0.2) is 0 Å². The van der Waals surface area contributed by atoms with Crippen molar-refractivity contribution < 1.29 is 9.47 Å². The second kappa shape index (κ2) is 8.66. The Morgan fingerprint density at radius 2 is 2.14 bits per heavy atom. The molecule has 2 rings (SSSR count). The number of rotatable bonds is 10. The molecule has 0 amide bonds. The number of hydrogen-bond donors (Lipinski definition) is 0. The average Bonchev–Trinajstić information content (AvgIpc) is 3.32. The Balaban J connectivity index is 1.50. The number of benzene rings is 1. The summed E-state index contributed by atoms with van der Waals surface area (Å²) in [5.41, 5.74) is 0.637. The van der Waals surface area contributed by atoms with Crippen LogP contribution in [0.4, 0.5) is 0 Å². The normalized spacial score (nSPS) is 14.1. The molecular formula is C17H24N2O2. The van der Waals surface area contributed by atoms with Gasteiger partial charge in [-0.2, -0.15) is 5.26 Å². The van der Waals surface area contributed by atoms with Crippen molar-refractivity contribution >= 4 is 0 Å². The molecule has 1 aromatic carbocycles. The molecule has 1 aliphatic carbocycles. The van der Waals surface area contributed by atoms with Crippen LogP contribution in [0.2, 0.25) is 0 Å². The molecular weight excluding hydrogens is 264 g/mol. The van der Waals surface area contributed by atoms with Crippen molar-refractivity contribution in [3.8, 4) is 11.8 Å². The van der Waals surface area contributed by atoms with Crippen molar-refractivity contribution in [2.45, 2.75) is 19.3 Å². The lowest BCUT2D eigenvalue weighted by Gasteiger charge is -2.16. The summed E-state index contributed by atoms with van der Waals surface area (Å²) in [6.45, 7) is 4.38. The first kappa shape index (κ1) is 15.8. The van der Waals surface area contributed by atoms with Crippen molar-refractivity contribution in [2.75, 3.05) is 40.0 Å². The molecule has 1 fully saturated rings. The van der Waals surface area contributed by atoms with Gasteiger partial charge >= 0.3 is 0 Å². The molecule has 0 bridgehead atoms. The third kappa shape index (κ3) is 6.61. The molecule has 0 saturated heterocycles. The molecule has 0 aliphatic heterocycles. The molecule has 0 radical (unpaired) electrons. The molecule has 114 valence electrons. The lowest BCUT2D eigenvalue weighted by atomic mass is 10.2. The van der Waals surface area contributed by atoms with Gasteiger partial charge in [-0.3, -0.25) is 0 Å². The molecule has 0 N–H and O–H groups in total. The number of likely N-dealkylation sites (N-methyl/N-ethyl adjacent to an activating group) is 1. The van der Waals surface area contributed by atoms with Crippen LogP contribution in [0.15, 0.2) is 24.3 Å². The van der Waals surface area contributed by atoms with Crippen molar-refractivity contribution in [1.29, 1.82) is 5.26 Å². The number of ether oxygens (including phenoxy) is 2. The number of nitrogens with zero attached hydrogens (tertiary/aromatic N) is 2. The molecule has 1 aliphatic rings. The first-order chi connectivity index (χ1) is 10.3. The summed E-state index contributed by atoms with van der Waals surface area (Å²) in [6, 6.07) is 9.40. The Kier molecular flexibility index (Phi) is 6.52. The molecule has 0 atom stereocenters. The van der Waals surface area contributed by atoms with E-state index < -0.39 is 0 Å². The predicted octanol–water partition coefficient (Wildman–Crippen LogP) is 2.69. The van der Waals surface area contributed by atoms with Crippen molar-refractivity contribution in [3.63, 3.8) is 0 Å². The van der Waals surface area contributed by atoms with E-state index in [1.807, 2.05) is 12.1 Å². The summed E-state index contributed by atoms with van der Waals surface area (Å²) >= 11 is 0. The average molecular weight is 288 g/mol. The second-order valence-electron chi connectivity index (χ2n) is 5.66. The van der Waals surface area contributed by atoms with Crippen LogP contribution in [0.1, 0.15) is 24.8 Å². The quantitative estimate of drug-likeness (QED) is 0.621. The van der Waals surface area contributed by atoms with E-state index in [4.69, 9.17) is 14.7 Å². The third-order valence-corrected chi connectivity index (χ3v) is 3.58. The van der Waals surface area contributed by atoms with Gasteiger partial charge in [0, 0.05) is 19.7 Å². The summed E-state index contributed by atoms with van der Waals surface area (Å²) < 4.78 is 11.3. The van der Waals surface area contributed by atoms with E-state index in [1.165, 1.54) is 12.8 Å². The van der Waals surface area contributed by atoms with E-state index in [9.17, 15) is 0 Å². The highest BCUT2D eigenvalue weighted by atomic mass is 16.5. The largest absolute Gasteiger partial charge is 0.494 e. The van der Waals surface area contributed by atoms with Gasteiger partial charge < -0.3 is 14.4 Å². The highest BCUT2D eigenvalue weighted by molar-refractivity contribution is 5.36. The van der Waals surface area contributed by atoms with Crippen molar-refractivity contribution in [2.24, 2.45) is 5.92 Å². The van der Waals surface area contributed by atoms with Gasteiger partial charge in [0.1, 0.15) is 5.75 Å². The van der Waals surface area contributed by atoms with Crippen LogP contribution in [-0.4, -0.2) is 44.9 Å². The minimum Gasteiger partial charge on any atom is -0.494 e. The zero-order chi connectivity index (χ0) is 14.9.